The molecule has 0 radical (unpaired) electrons. The molecule has 2 fully saturated rings. The van der Waals surface area contributed by atoms with E-state index in [4.69, 9.17) is 0 Å². The zero-order chi connectivity index (χ0) is 13.0. The van der Waals surface area contributed by atoms with E-state index in [1.54, 1.807) is 0 Å². The van der Waals surface area contributed by atoms with E-state index >= 15 is 0 Å². The van der Waals surface area contributed by atoms with Crippen LogP contribution in [0.25, 0.3) is 0 Å². The van der Waals surface area contributed by atoms with Crippen molar-refractivity contribution in [2.45, 2.75) is 59.5 Å². The summed E-state index contributed by atoms with van der Waals surface area (Å²) in [6.45, 7) is 10.7. The summed E-state index contributed by atoms with van der Waals surface area (Å²) >= 11 is 1.93. The monoisotopic (exact) mass is 263 g/mol. The topological polar surface area (TPSA) is 12.0 Å². The molecular formula is C16H25NS. The van der Waals surface area contributed by atoms with Gasteiger partial charge in [-0.25, -0.2) is 0 Å². The van der Waals surface area contributed by atoms with Crippen molar-refractivity contribution in [1.82, 2.24) is 5.32 Å². The number of hydrogen-bond donors (Lipinski definition) is 1. The molecule has 1 heterocycles. The zero-order valence-electron chi connectivity index (χ0n) is 12.0. The van der Waals surface area contributed by atoms with Gasteiger partial charge in [0.2, 0.25) is 0 Å². The van der Waals surface area contributed by atoms with Crippen molar-refractivity contribution in [3.05, 3.63) is 21.9 Å². The Morgan fingerprint density at radius 3 is 2.61 bits per heavy atom. The molecule has 1 N–H and O–H groups in total. The van der Waals surface area contributed by atoms with Gasteiger partial charge < -0.3 is 5.32 Å². The third-order valence-corrected chi connectivity index (χ3v) is 7.11. The van der Waals surface area contributed by atoms with Gasteiger partial charge in [-0.3, -0.25) is 0 Å². The van der Waals surface area contributed by atoms with Crippen LogP contribution in [0, 0.1) is 23.7 Å². The normalized spacial score (nSPS) is 37.3. The van der Waals surface area contributed by atoms with E-state index in [2.05, 4.69) is 45.1 Å². The second-order valence-electron chi connectivity index (χ2n) is 7.06. The highest BCUT2D eigenvalue weighted by Gasteiger charge is 2.60. The molecule has 0 saturated heterocycles. The maximum Gasteiger partial charge on any atom is 0.0302 e. The SMILES string of the molecule is Cc1ccc(CN[C@H]2C[C@@H]3CC[C@@]2(C)C3(C)C)s1. The van der Waals surface area contributed by atoms with Crippen LogP contribution in [0.3, 0.4) is 0 Å². The van der Waals surface area contributed by atoms with Crippen molar-refractivity contribution in [1.29, 1.82) is 0 Å². The predicted octanol–water partition coefficient (Wildman–Crippen LogP) is 4.36. The maximum absolute atomic E-state index is 3.85. The number of rotatable bonds is 3. The second kappa shape index (κ2) is 4.08. The van der Waals surface area contributed by atoms with Crippen molar-refractivity contribution >= 4 is 11.3 Å². The lowest BCUT2D eigenvalue weighted by molar-refractivity contribution is 0.120. The largest absolute Gasteiger partial charge is 0.309 e. The zero-order valence-corrected chi connectivity index (χ0v) is 12.9. The lowest BCUT2D eigenvalue weighted by Crippen LogP contribution is -2.44. The van der Waals surface area contributed by atoms with Gasteiger partial charge in [0, 0.05) is 22.3 Å². The molecular weight excluding hydrogens is 238 g/mol. The van der Waals surface area contributed by atoms with Crippen molar-refractivity contribution in [3.63, 3.8) is 0 Å². The van der Waals surface area contributed by atoms with Crippen LogP contribution in [0.1, 0.15) is 49.8 Å². The fraction of sp³-hybridized carbons (Fsp3) is 0.750. The molecule has 1 aromatic rings. The summed E-state index contributed by atoms with van der Waals surface area (Å²) in [6, 6.07) is 5.22. The van der Waals surface area contributed by atoms with Gasteiger partial charge in [0.15, 0.2) is 0 Å². The van der Waals surface area contributed by atoms with Crippen molar-refractivity contribution in [2.24, 2.45) is 16.7 Å². The molecule has 2 aliphatic carbocycles. The quantitative estimate of drug-likeness (QED) is 0.854. The van der Waals surface area contributed by atoms with E-state index in [0.717, 1.165) is 12.5 Å². The minimum absolute atomic E-state index is 0.504. The van der Waals surface area contributed by atoms with E-state index in [1.165, 1.54) is 29.0 Å². The molecule has 0 aromatic carbocycles. The molecule has 1 nitrogen and oxygen atoms in total. The first-order valence-corrected chi connectivity index (χ1v) is 8.04. The molecule has 0 amide bonds. The van der Waals surface area contributed by atoms with Crippen LogP contribution >= 0.6 is 11.3 Å². The van der Waals surface area contributed by atoms with E-state index in [9.17, 15) is 0 Å². The van der Waals surface area contributed by atoms with Crippen molar-refractivity contribution in [3.8, 4) is 0 Å². The molecule has 3 rings (SSSR count). The van der Waals surface area contributed by atoms with Gasteiger partial charge in [0.05, 0.1) is 0 Å². The van der Waals surface area contributed by atoms with Crippen LogP contribution in [0.2, 0.25) is 0 Å². The summed E-state index contributed by atoms with van der Waals surface area (Å²) in [5, 5.41) is 3.85. The first-order valence-electron chi connectivity index (χ1n) is 7.22. The lowest BCUT2D eigenvalue weighted by Gasteiger charge is -2.39. The smallest absolute Gasteiger partial charge is 0.0302 e. The fourth-order valence-corrected chi connectivity index (χ4v) is 5.16. The van der Waals surface area contributed by atoms with Gasteiger partial charge in [-0.1, -0.05) is 20.8 Å². The van der Waals surface area contributed by atoms with Gasteiger partial charge >= 0.3 is 0 Å². The third kappa shape index (κ3) is 1.69. The highest BCUT2D eigenvalue weighted by Crippen LogP contribution is 2.65. The molecule has 0 spiro atoms. The average Bonchev–Trinajstić information content (AvgIpc) is 2.87. The molecule has 0 unspecified atom stereocenters. The van der Waals surface area contributed by atoms with Crippen LogP contribution in [0.15, 0.2) is 12.1 Å². The van der Waals surface area contributed by atoms with Crippen LogP contribution in [-0.4, -0.2) is 6.04 Å². The van der Waals surface area contributed by atoms with Crippen LogP contribution < -0.4 is 5.32 Å². The Morgan fingerprint density at radius 2 is 2.11 bits per heavy atom. The molecule has 18 heavy (non-hydrogen) atoms. The number of hydrogen-bond acceptors (Lipinski definition) is 2. The van der Waals surface area contributed by atoms with Gasteiger partial charge in [-0.05, 0) is 55.1 Å². The molecule has 100 valence electrons. The van der Waals surface area contributed by atoms with Gasteiger partial charge in [0.25, 0.3) is 0 Å². The number of aryl methyl sites for hydroxylation is 1. The third-order valence-electron chi connectivity index (χ3n) is 6.11. The van der Waals surface area contributed by atoms with Crippen LogP contribution in [0.5, 0.6) is 0 Å². The summed E-state index contributed by atoms with van der Waals surface area (Å²) in [4.78, 5) is 2.91. The Labute approximate surface area is 115 Å². The summed E-state index contributed by atoms with van der Waals surface area (Å²) < 4.78 is 0. The van der Waals surface area contributed by atoms with Crippen molar-refractivity contribution in [2.75, 3.05) is 0 Å². The lowest BCUT2D eigenvalue weighted by atomic mass is 9.69. The Hall–Kier alpha value is -0.340. The minimum atomic E-state index is 0.504. The highest BCUT2D eigenvalue weighted by molar-refractivity contribution is 7.11. The summed E-state index contributed by atoms with van der Waals surface area (Å²) in [5.74, 6) is 0.935. The number of nitrogens with one attached hydrogen (secondary N) is 1. The Morgan fingerprint density at radius 1 is 1.33 bits per heavy atom. The standard InChI is InChI=1S/C16H25NS/c1-11-5-6-13(18-11)10-17-14-9-12-7-8-16(14,4)15(12,2)3/h5-6,12,14,17H,7-10H2,1-4H3/t12-,14-,16+/m0/s1. The average molecular weight is 263 g/mol. The van der Waals surface area contributed by atoms with Gasteiger partial charge in [-0.2, -0.15) is 0 Å². The summed E-state index contributed by atoms with van der Waals surface area (Å²) in [5.41, 5.74) is 1.03. The Kier molecular flexibility index (Phi) is 2.87. The molecule has 1 aromatic heterocycles. The molecule has 0 aliphatic heterocycles. The van der Waals surface area contributed by atoms with E-state index in [-0.39, 0.29) is 0 Å². The molecule has 2 saturated carbocycles. The van der Waals surface area contributed by atoms with Crippen molar-refractivity contribution < 1.29 is 0 Å². The van der Waals surface area contributed by atoms with E-state index in [1.807, 2.05) is 11.3 Å². The predicted molar refractivity (Wildman–Crippen MR) is 78.9 cm³/mol. The molecule has 2 bridgehead atoms. The number of thiophene rings is 1. The molecule has 2 heteroatoms. The van der Waals surface area contributed by atoms with Crippen LogP contribution in [-0.2, 0) is 6.54 Å². The highest BCUT2D eigenvalue weighted by atomic mass is 32.1. The number of fused-ring (bicyclic) bond motifs is 2. The van der Waals surface area contributed by atoms with E-state index in [0.29, 0.717) is 16.9 Å². The fourth-order valence-electron chi connectivity index (χ4n) is 4.32. The maximum atomic E-state index is 3.85. The first kappa shape index (κ1) is 12.7. The summed E-state index contributed by atoms with van der Waals surface area (Å²) in [6.07, 6.45) is 4.24. The second-order valence-corrected chi connectivity index (χ2v) is 8.43. The molecule has 2 aliphatic rings. The molecule has 3 atom stereocenters. The summed E-state index contributed by atoms with van der Waals surface area (Å²) in [7, 11) is 0. The minimum Gasteiger partial charge on any atom is -0.309 e. The van der Waals surface area contributed by atoms with Gasteiger partial charge in [0.1, 0.15) is 0 Å². The Bertz CT molecular complexity index is 448. The first-order chi connectivity index (χ1) is 8.43. The van der Waals surface area contributed by atoms with Gasteiger partial charge in [-0.15, -0.1) is 11.3 Å². The van der Waals surface area contributed by atoms with Crippen LogP contribution in [0.4, 0.5) is 0 Å². The van der Waals surface area contributed by atoms with E-state index < -0.39 is 0 Å². The Balaban J connectivity index is 1.69.